The third kappa shape index (κ3) is 3.73. The maximum atomic E-state index is 14.2. The van der Waals surface area contributed by atoms with E-state index in [1.165, 1.54) is 32.0 Å². The molecule has 0 unspecified atom stereocenters. The van der Waals surface area contributed by atoms with Crippen molar-refractivity contribution in [3.63, 3.8) is 0 Å². The van der Waals surface area contributed by atoms with E-state index >= 15 is 0 Å². The van der Waals surface area contributed by atoms with E-state index in [0.29, 0.717) is 11.3 Å². The number of rotatable bonds is 5. The monoisotopic (exact) mass is 543 g/mol. The highest BCUT2D eigenvalue weighted by molar-refractivity contribution is 6.24. The van der Waals surface area contributed by atoms with Crippen molar-refractivity contribution in [1.82, 2.24) is 4.90 Å². The van der Waals surface area contributed by atoms with Gasteiger partial charge in [-0.15, -0.1) is 0 Å². The first-order valence-corrected chi connectivity index (χ1v) is 12.5. The molecule has 12 nitrogen and oxygen atoms in total. The van der Waals surface area contributed by atoms with Crippen LogP contribution >= 0.6 is 0 Å². The van der Waals surface area contributed by atoms with E-state index in [9.17, 15) is 39.6 Å². The number of fused-ring (bicyclic) bond motifs is 3. The zero-order valence-electron chi connectivity index (χ0n) is 22.6. The van der Waals surface area contributed by atoms with Crippen molar-refractivity contribution in [2.45, 2.75) is 43.9 Å². The van der Waals surface area contributed by atoms with Crippen molar-refractivity contribution in [3.8, 4) is 5.75 Å². The third-order valence-electron chi connectivity index (χ3n) is 8.09. The molecule has 1 amide bonds. The lowest BCUT2D eigenvalue weighted by molar-refractivity contribution is -0.185. The van der Waals surface area contributed by atoms with Crippen molar-refractivity contribution >= 4 is 34.9 Å². The fourth-order valence-electron chi connectivity index (χ4n) is 6.41. The zero-order valence-corrected chi connectivity index (χ0v) is 22.6. The number of benzene rings is 1. The fourth-order valence-corrected chi connectivity index (χ4v) is 6.41. The van der Waals surface area contributed by atoms with Gasteiger partial charge in [0.2, 0.25) is 5.78 Å². The molecule has 6 N–H and O–H groups in total. The van der Waals surface area contributed by atoms with Crippen LogP contribution in [-0.4, -0.2) is 94.7 Å². The molecule has 0 radical (unpaired) electrons. The van der Waals surface area contributed by atoms with Crippen LogP contribution in [-0.2, 0) is 23.9 Å². The molecule has 1 aromatic carbocycles. The molecule has 0 saturated heterocycles. The Morgan fingerprint density at radius 1 is 1.10 bits per heavy atom. The molecule has 4 rings (SSSR count). The van der Waals surface area contributed by atoms with Gasteiger partial charge in [0.1, 0.15) is 28.9 Å². The summed E-state index contributed by atoms with van der Waals surface area (Å²) >= 11 is 0. The Bertz CT molecular complexity index is 1360. The Balaban J connectivity index is 2.15. The number of aliphatic hydroxyl groups is 3. The van der Waals surface area contributed by atoms with Crippen molar-refractivity contribution in [1.29, 1.82) is 0 Å². The first kappa shape index (κ1) is 28.1. The van der Waals surface area contributed by atoms with Gasteiger partial charge in [-0.1, -0.05) is 13.8 Å². The summed E-state index contributed by atoms with van der Waals surface area (Å²) in [6.45, 7) is 3.25. The van der Waals surface area contributed by atoms with Crippen LogP contribution in [0.1, 0.15) is 37.3 Å². The number of esters is 1. The van der Waals surface area contributed by atoms with Gasteiger partial charge in [0.25, 0.3) is 5.91 Å². The molecule has 6 atom stereocenters. The number of Topliss-reactive ketones (excluding diaryl/α,β-unsaturated/α-hetero) is 2. The molecule has 39 heavy (non-hydrogen) atoms. The first-order valence-electron chi connectivity index (χ1n) is 12.5. The quantitative estimate of drug-likeness (QED) is 0.257. The minimum atomic E-state index is -2.96. The van der Waals surface area contributed by atoms with E-state index in [4.69, 9.17) is 10.5 Å². The highest BCUT2D eigenvalue weighted by Gasteiger charge is 2.69. The first-order chi connectivity index (χ1) is 18.1. The number of hydrogen-bond donors (Lipinski definition) is 5. The summed E-state index contributed by atoms with van der Waals surface area (Å²) in [6.07, 6.45) is -1.51. The number of anilines is 1. The predicted molar refractivity (Wildman–Crippen MR) is 139 cm³/mol. The van der Waals surface area contributed by atoms with E-state index in [-0.39, 0.29) is 17.7 Å². The van der Waals surface area contributed by atoms with Gasteiger partial charge in [-0.25, -0.2) is 0 Å². The lowest BCUT2D eigenvalue weighted by Crippen LogP contribution is -2.71. The Hall–Kier alpha value is -3.90. The number of hydrogen-bond acceptors (Lipinski definition) is 11. The summed E-state index contributed by atoms with van der Waals surface area (Å²) in [4.78, 5) is 55.7. The van der Waals surface area contributed by atoms with Crippen molar-refractivity contribution < 1.29 is 44.3 Å². The highest BCUT2D eigenvalue weighted by Crippen LogP contribution is 2.58. The summed E-state index contributed by atoms with van der Waals surface area (Å²) in [5, 5.41) is 45.4. The molecule has 0 aromatic heterocycles. The zero-order chi connectivity index (χ0) is 29.3. The van der Waals surface area contributed by atoms with E-state index in [2.05, 4.69) is 0 Å². The maximum absolute atomic E-state index is 14.2. The number of amides is 1. The van der Waals surface area contributed by atoms with E-state index in [1.807, 2.05) is 0 Å². The second-order valence-corrected chi connectivity index (χ2v) is 10.7. The number of phenolic OH excluding ortho intramolecular Hbond substituents is 1. The van der Waals surface area contributed by atoms with Gasteiger partial charge < -0.3 is 35.8 Å². The average Bonchev–Trinajstić information content (AvgIpc) is 2.84. The average molecular weight is 544 g/mol. The second-order valence-electron chi connectivity index (χ2n) is 10.7. The summed E-state index contributed by atoms with van der Waals surface area (Å²) in [6, 6.07) is 1.57. The topological polar surface area (TPSA) is 191 Å². The predicted octanol–water partition coefficient (Wildman–Crippen LogP) is 0.523. The Labute approximate surface area is 224 Å². The lowest BCUT2D eigenvalue weighted by Gasteiger charge is -2.54. The maximum Gasteiger partial charge on any atom is 0.305 e. The molecule has 3 aliphatic carbocycles. The molecule has 12 heteroatoms. The minimum absolute atomic E-state index is 0.0504. The molecule has 0 heterocycles. The van der Waals surface area contributed by atoms with Gasteiger partial charge in [0, 0.05) is 37.7 Å². The summed E-state index contributed by atoms with van der Waals surface area (Å²) < 4.78 is 5.83. The highest BCUT2D eigenvalue weighted by atomic mass is 16.5. The van der Waals surface area contributed by atoms with Crippen molar-refractivity contribution in [3.05, 3.63) is 40.2 Å². The molecule has 1 saturated carbocycles. The number of nitrogens with zero attached hydrogens (tertiary/aromatic N) is 2. The molecule has 0 aliphatic heterocycles. The Morgan fingerprint density at radius 3 is 2.23 bits per heavy atom. The molecule has 0 bridgehead atoms. The molecule has 1 aromatic rings. The fraction of sp³-hybridized carbons (Fsp3) is 0.481. The van der Waals surface area contributed by atoms with Crippen LogP contribution in [0.2, 0.25) is 0 Å². The minimum Gasteiger partial charge on any atom is -0.508 e. The number of primary amides is 1. The second kappa shape index (κ2) is 9.38. The van der Waals surface area contributed by atoms with Gasteiger partial charge in [-0.05, 0) is 37.7 Å². The smallest absolute Gasteiger partial charge is 0.305 e. The number of phenols is 1. The van der Waals surface area contributed by atoms with Crippen LogP contribution in [0.3, 0.4) is 0 Å². The van der Waals surface area contributed by atoms with E-state index in [1.54, 1.807) is 32.0 Å². The Morgan fingerprint density at radius 2 is 1.72 bits per heavy atom. The number of ketones is 2. The molecule has 3 aliphatic rings. The molecule has 1 fully saturated rings. The molecule has 210 valence electrons. The largest absolute Gasteiger partial charge is 0.508 e. The van der Waals surface area contributed by atoms with Crippen LogP contribution in [0.15, 0.2) is 29.0 Å². The van der Waals surface area contributed by atoms with Crippen molar-refractivity contribution in [2.75, 3.05) is 33.1 Å². The summed E-state index contributed by atoms with van der Waals surface area (Å²) in [7, 11) is 6.45. The number of nitrogens with two attached hydrogens (primary N) is 1. The van der Waals surface area contributed by atoms with Crippen LogP contribution in [0, 0.1) is 11.8 Å². The van der Waals surface area contributed by atoms with Gasteiger partial charge in [0.15, 0.2) is 11.4 Å². The number of likely N-dealkylation sites (N-methyl/N-ethyl adjacent to an activating group) is 1. The van der Waals surface area contributed by atoms with Crippen molar-refractivity contribution in [2.24, 2.45) is 17.6 Å². The number of ether oxygens (including phenoxy) is 1. The summed E-state index contributed by atoms with van der Waals surface area (Å²) in [5.74, 6) is -9.85. The lowest BCUT2D eigenvalue weighted by atomic mass is 9.54. The standard InChI is InChI=1S/C27H33N3O9/c1-7-13(32)39-23-15-10(2)14-11(29(3)4)8-9-12(31)16(14)21(33)17(15)24(35)27(38)19(23)20(30(5)6)22(34)18(25(27)36)26(28)37/h8-10,15,19-20,23,31,33,36,38H,7H2,1-6H3,(H2,28,37)/t10-,15+,19+,20-,23-,27-/m0/s1. The third-order valence-corrected chi connectivity index (χ3v) is 8.09. The van der Waals surface area contributed by atoms with Crippen LogP contribution < -0.4 is 10.6 Å². The van der Waals surface area contributed by atoms with Crippen LogP contribution in [0.25, 0.3) is 5.76 Å². The number of carbonyl (C=O) groups excluding carboxylic acids is 4. The number of carbonyl (C=O) groups is 4. The normalized spacial score (nSPS) is 30.1. The van der Waals surface area contributed by atoms with E-state index in [0.717, 1.165) is 0 Å². The molecular weight excluding hydrogens is 510 g/mol. The SMILES string of the molecule is CCC(=O)O[C@H]1[C@H]2C(=C(O)c3c(O)ccc(N(C)C)c3[C@@H]2C)C(=O)[C@]2(O)C(O)=C(C(N)=O)C(=O)[C@@H](N(C)C)[C@H]12. The van der Waals surface area contributed by atoms with E-state index < -0.39 is 81.6 Å². The van der Waals surface area contributed by atoms with Crippen LogP contribution in [0.4, 0.5) is 5.69 Å². The van der Waals surface area contributed by atoms with Gasteiger partial charge in [-0.2, -0.15) is 0 Å². The van der Waals surface area contributed by atoms with Gasteiger partial charge in [0.05, 0.1) is 17.5 Å². The molecule has 0 spiro atoms. The number of aromatic hydroxyl groups is 1. The molecular formula is C27H33N3O9. The summed E-state index contributed by atoms with van der Waals surface area (Å²) in [5.41, 5.74) is 2.08. The Kier molecular flexibility index (Phi) is 6.76. The van der Waals surface area contributed by atoms with Gasteiger partial charge >= 0.3 is 5.97 Å². The van der Waals surface area contributed by atoms with Gasteiger partial charge in [-0.3, -0.25) is 24.1 Å². The van der Waals surface area contributed by atoms with Crippen LogP contribution in [0.5, 0.6) is 5.75 Å². The number of aliphatic hydroxyl groups excluding tert-OH is 2.